The van der Waals surface area contributed by atoms with Crippen LogP contribution in [0.3, 0.4) is 0 Å². The summed E-state index contributed by atoms with van der Waals surface area (Å²) in [6, 6.07) is 10.8. The number of nitrogens with zero attached hydrogens (tertiary/aromatic N) is 2. The number of benzene rings is 1. The van der Waals surface area contributed by atoms with Crippen LogP contribution in [0.15, 0.2) is 48.8 Å². The second-order valence-electron chi connectivity index (χ2n) is 7.06. The number of fused-ring (bicyclic) bond motifs is 2. The molecule has 4 rings (SSSR count). The lowest BCUT2D eigenvalue weighted by Crippen LogP contribution is -2.49. The normalized spacial score (nSPS) is 17.9. The van der Waals surface area contributed by atoms with Crippen molar-refractivity contribution < 1.29 is 9.59 Å². The van der Waals surface area contributed by atoms with Gasteiger partial charge in [-0.25, -0.2) is 0 Å². The third-order valence-corrected chi connectivity index (χ3v) is 5.32. The third kappa shape index (κ3) is 3.07. The number of pyridine rings is 1. The Morgan fingerprint density at radius 1 is 1.33 bits per heavy atom. The van der Waals surface area contributed by atoms with E-state index in [1.54, 1.807) is 17.3 Å². The number of rotatable bonds is 3. The Labute approximate surface area is 157 Å². The molecule has 0 radical (unpaired) electrons. The van der Waals surface area contributed by atoms with Crippen LogP contribution < -0.4 is 5.32 Å². The van der Waals surface area contributed by atoms with E-state index >= 15 is 0 Å². The van der Waals surface area contributed by atoms with Gasteiger partial charge in [0.25, 0.3) is 5.91 Å². The summed E-state index contributed by atoms with van der Waals surface area (Å²) in [5.41, 5.74) is 2.98. The molecule has 0 aliphatic carbocycles. The second kappa shape index (κ2) is 6.87. The maximum atomic E-state index is 13.4. The molecular weight excluding hydrogens is 340 g/mol. The molecule has 1 aromatic carbocycles. The molecule has 3 heterocycles. The predicted molar refractivity (Wildman–Crippen MR) is 104 cm³/mol. The molecule has 0 bridgehead atoms. The van der Waals surface area contributed by atoms with E-state index in [0.29, 0.717) is 12.2 Å². The third-order valence-electron chi connectivity index (χ3n) is 5.32. The quantitative estimate of drug-likeness (QED) is 0.748. The summed E-state index contributed by atoms with van der Waals surface area (Å²) in [4.78, 5) is 35.3. The number of hydrogen-bond donors (Lipinski definition) is 2. The minimum atomic E-state index is -0.528. The predicted octanol–water partition coefficient (Wildman–Crippen LogP) is 3.57. The monoisotopic (exact) mass is 362 g/mol. The van der Waals surface area contributed by atoms with Crippen molar-refractivity contribution in [2.24, 2.45) is 5.92 Å². The molecule has 1 aliphatic rings. The van der Waals surface area contributed by atoms with Crippen molar-refractivity contribution in [2.45, 2.75) is 32.9 Å². The Morgan fingerprint density at radius 2 is 2.15 bits per heavy atom. The molecule has 2 atom stereocenters. The van der Waals surface area contributed by atoms with E-state index in [9.17, 15) is 9.59 Å². The number of aromatic nitrogens is 2. The van der Waals surface area contributed by atoms with Gasteiger partial charge in [-0.3, -0.25) is 14.6 Å². The van der Waals surface area contributed by atoms with Gasteiger partial charge in [-0.15, -0.1) is 0 Å². The zero-order chi connectivity index (χ0) is 19.0. The lowest BCUT2D eigenvalue weighted by molar-refractivity contribution is -0.122. The highest BCUT2D eigenvalue weighted by molar-refractivity contribution is 6.03. The number of aromatic amines is 1. The zero-order valence-corrected chi connectivity index (χ0v) is 15.4. The molecule has 0 fully saturated rings. The number of nitrogens with one attached hydrogen (secondary N) is 2. The first-order valence-electron chi connectivity index (χ1n) is 9.21. The van der Waals surface area contributed by atoms with Crippen molar-refractivity contribution >= 4 is 28.4 Å². The van der Waals surface area contributed by atoms with E-state index in [1.165, 1.54) is 0 Å². The molecule has 2 aromatic heterocycles. The van der Waals surface area contributed by atoms with Crippen molar-refractivity contribution in [3.8, 4) is 0 Å². The van der Waals surface area contributed by atoms with Crippen molar-refractivity contribution in [1.82, 2.24) is 14.9 Å². The molecule has 27 heavy (non-hydrogen) atoms. The van der Waals surface area contributed by atoms with E-state index in [4.69, 9.17) is 0 Å². The Hall–Kier alpha value is -3.15. The number of amides is 2. The topological polar surface area (TPSA) is 78.1 Å². The van der Waals surface area contributed by atoms with Gasteiger partial charge in [-0.1, -0.05) is 38.5 Å². The molecule has 138 valence electrons. The maximum Gasteiger partial charge on any atom is 0.271 e. The smallest absolute Gasteiger partial charge is 0.271 e. The summed E-state index contributed by atoms with van der Waals surface area (Å²) in [5, 5.41) is 3.92. The van der Waals surface area contributed by atoms with Gasteiger partial charge in [-0.2, -0.15) is 0 Å². The fourth-order valence-corrected chi connectivity index (χ4v) is 3.64. The summed E-state index contributed by atoms with van der Waals surface area (Å²) >= 11 is 0. The maximum absolute atomic E-state index is 13.4. The molecule has 6 nitrogen and oxygen atoms in total. The summed E-state index contributed by atoms with van der Waals surface area (Å²) < 4.78 is 0. The largest absolute Gasteiger partial charge is 0.349 e. The summed E-state index contributed by atoms with van der Waals surface area (Å²) in [5.74, 6) is -0.280. The van der Waals surface area contributed by atoms with Crippen LogP contribution in [0.2, 0.25) is 0 Å². The van der Waals surface area contributed by atoms with Crippen molar-refractivity contribution in [3.05, 3.63) is 60.0 Å². The van der Waals surface area contributed by atoms with E-state index in [-0.39, 0.29) is 17.7 Å². The van der Waals surface area contributed by atoms with E-state index in [1.807, 2.05) is 50.2 Å². The molecule has 2 N–H and O–H groups in total. The fraction of sp³-hybridized carbons (Fsp3) is 0.286. The SMILES string of the molecule is CC[C@H](C)[C@H]1C(=O)Nc2ccccc2CN1C(=O)c1cc2ccncc2[nH]1. The number of hydrogen-bond acceptors (Lipinski definition) is 3. The summed E-state index contributed by atoms with van der Waals surface area (Å²) in [6.07, 6.45) is 4.19. The van der Waals surface area contributed by atoms with Crippen LogP contribution in [0.1, 0.15) is 36.3 Å². The highest BCUT2D eigenvalue weighted by atomic mass is 16.2. The van der Waals surface area contributed by atoms with Crippen molar-refractivity contribution in [2.75, 3.05) is 5.32 Å². The Kier molecular flexibility index (Phi) is 4.39. The van der Waals surface area contributed by atoms with Gasteiger partial charge in [-0.05, 0) is 29.7 Å². The highest BCUT2D eigenvalue weighted by Gasteiger charge is 2.37. The minimum absolute atomic E-state index is 0.0364. The Morgan fingerprint density at radius 3 is 2.93 bits per heavy atom. The van der Waals surface area contributed by atoms with E-state index in [2.05, 4.69) is 15.3 Å². The highest BCUT2D eigenvalue weighted by Crippen LogP contribution is 2.29. The Balaban J connectivity index is 1.77. The second-order valence-corrected chi connectivity index (χ2v) is 7.06. The van der Waals surface area contributed by atoms with Crippen LogP contribution in [0.5, 0.6) is 0 Å². The summed E-state index contributed by atoms with van der Waals surface area (Å²) in [6.45, 7) is 4.43. The van der Waals surface area contributed by atoms with E-state index < -0.39 is 6.04 Å². The fourth-order valence-electron chi connectivity index (χ4n) is 3.64. The molecule has 0 spiro atoms. The van der Waals surface area contributed by atoms with Crippen LogP contribution in [0.25, 0.3) is 10.9 Å². The van der Waals surface area contributed by atoms with E-state index in [0.717, 1.165) is 28.6 Å². The van der Waals surface area contributed by atoms with Crippen LogP contribution in [-0.4, -0.2) is 32.7 Å². The Bertz CT molecular complexity index is 977. The van der Waals surface area contributed by atoms with Gasteiger partial charge in [0.2, 0.25) is 5.91 Å². The first kappa shape index (κ1) is 17.3. The number of para-hydroxylation sites is 1. The average Bonchev–Trinajstić information content (AvgIpc) is 3.05. The van der Waals surface area contributed by atoms with Crippen molar-refractivity contribution in [3.63, 3.8) is 0 Å². The van der Waals surface area contributed by atoms with Crippen molar-refractivity contribution in [1.29, 1.82) is 0 Å². The number of carbonyl (C=O) groups is 2. The average molecular weight is 362 g/mol. The van der Waals surface area contributed by atoms with Gasteiger partial charge in [0.15, 0.2) is 0 Å². The lowest BCUT2D eigenvalue weighted by atomic mass is 9.96. The number of carbonyl (C=O) groups excluding carboxylic acids is 2. The standard InChI is InChI=1S/C21H22N4O2/c1-3-13(2)19-20(26)24-16-7-5-4-6-15(16)12-25(19)21(27)17-10-14-8-9-22-11-18(14)23-17/h4-11,13,19,23H,3,12H2,1-2H3,(H,24,26)/t13-,19-/m0/s1. The molecular formula is C21H22N4O2. The van der Waals surface area contributed by atoms with Gasteiger partial charge in [0.1, 0.15) is 11.7 Å². The first-order valence-corrected chi connectivity index (χ1v) is 9.21. The molecule has 6 heteroatoms. The number of anilines is 1. The van der Waals surface area contributed by atoms with Crippen LogP contribution in [0.4, 0.5) is 5.69 Å². The molecule has 1 aliphatic heterocycles. The molecule has 0 unspecified atom stereocenters. The van der Waals surface area contributed by atoms with Crippen LogP contribution in [-0.2, 0) is 11.3 Å². The summed E-state index contributed by atoms with van der Waals surface area (Å²) in [7, 11) is 0. The first-order chi connectivity index (χ1) is 13.1. The molecule has 2 amide bonds. The lowest BCUT2D eigenvalue weighted by Gasteiger charge is -2.32. The zero-order valence-electron chi connectivity index (χ0n) is 15.4. The molecule has 0 saturated heterocycles. The van der Waals surface area contributed by atoms with Gasteiger partial charge >= 0.3 is 0 Å². The molecule has 0 saturated carbocycles. The van der Waals surface area contributed by atoms with Gasteiger partial charge in [0.05, 0.1) is 11.7 Å². The van der Waals surface area contributed by atoms with Crippen LogP contribution >= 0.6 is 0 Å². The number of H-pyrrole nitrogens is 1. The molecule has 3 aromatic rings. The minimum Gasteiger partial charge on any atom is -0.349 e. The van der Waals surface area contributed by atoms with Gasteiger partial charge < -0.3 is 15.2 Å². The van der Waals surface area contributed by atoms with Crippen LogP contribution in [0, 0.1) is 5.92 Å². The van der Waals surface area contributed by atoms with Gasteiger partial charge in [0, 0.05) is 23.8 Å².